The molecule has 0 unspecified atom stereocenters. The zero-order chi connectivity index (χ0) is 15.0. The molecule has 0 spiro atoms. The third kappa shape index (κ3) is 6.09. The van der Waals surface area contributed by atoms with E-state index >= 15 is 0 Å². The fraction of sp³-hybridized carbons (Fsp3) is 0.267. The fourth-order valence-electron chi connectivity index (χ4n) is 1.29. The van der Waals surface area contributed by atoms with Crippen LogP contribution in [0.25, 0.3) is 0 Å². The second-order valence-corrected chi connectivity index (χ2v) is 7.01. The van der Waals surface area contributed by atoms with Gasteiger partial charge in [-0.1, -0.05) is 67.2 Å². The Labute approximate surface area is 128 Å². The van der Waals surface area contributed by atoms with Crippen LogP contribution in [0, 0.1) is 18.4 Å². The Morgan fingerprint density at radius 2 is 2.00 bits per heavy atom. The number of nitriles is 1. The van der Waals surface area contributed by atoms with Crippen molar-refractivity contribution in [3.8, 4) is 6.19 Å². The van der Waals surface area contributed by atoms with Crippen molar-refractivity contribution in [1.29, 1.82) is 5.26 Å². The van der Waals surface area contributed by atoms with Gasteiger partial charge in [0.2, 0.25) is 6.19 Å². The maximum atomic E-state index is 11.9. The van der Waals surface area contributed by atoms with Gasteiger partial charge in [0.1, 0.15) is 4.38 Å². The van der Waals surface area contributed by atoms with Crippen molar-refractivity contribution in [3.63, 3.8) is 0 Å². The van der Waals surface area contributed by atoms with E-state index in [1.165, 1.54) is 29.6 Å². The Balaban J connectivity index is 2.63. The molecule has 1 aromatic rings. The standard InChI is InChI=1S/C15H16N2OS2/c1-11(2)20-15(17-10-16)19-9-8-14(18)13-6-4-12(3)5-7-13/h4-9,11H,1-3H3/b9-8+,17-15?. The smallest absolute Gasteiger partial charge is 0.207 e. The second-order valence-electron chi connectivity index (χ2n) is 4.30. The predicted molar refractivity (Wildman–Crippen MR) is 88.0 cm³/mol. The minimum absolute atomic E-state index is 0.0524. The molecule has 0 atom stereocenters. The van der Waals surface area contributed by atoms with Crippen LogP contribution in [0.15, 0.2) is 40.7 Å². The lowest BCUT2D eigenvalue weighted by atomic mass is 10.1. The van der Waals surface area contributed by atoms with Crippen LogP contribution in [0.4, 0.5) is 0 Å². The molecule has 0 radical (unpaired) electrons. The normalized spacial score (nSPS) is 11.8. The van der Waals surface area contributed by atoms with Crippen molar-refractivity contribution in [3.05, 3.63) is 46.9 Å². The van der Waals surface area contributed by atoms with Crippen LogP contribution in [-0.2, 0) is 0 Å². The molecule has 0 N–H and O–H groups in total. The lowest BCUT2D eigenvalue weighted by Gasteiger charge is -2.03. The Kier molecular flexibility index (Phi) is 7.13. The highest BCUT2D eigenvalue weighted by molar-refractivity contribution is 8.40. The van der Waals surface area contributed by atoms with Crippen LogP contribution in [0.1, 0.15) is 29.8 Å². The average Bonchev–Trinajstić information content (AvgIpc) is 2.39. The van der Waals surface area contributed by atoms with E-state index in [1.54, 1.807) is 23.7 Å². The first-order valence-corrected chi connectivity index (χ1v) is 7.86. The van der Waals surface area contributed by atoms with Gasteiger partial charge in [-0.3, -0.25) is 4.79 Å². The van der Waals surface area contributed by atoms with Crippen LogP contribution in [0.5, 0.6) is 0 Å². The number of thioether (sulfide) groups is 2. The lowest BCUT2D eigenvalue weighted by Crippen LogP contribution is -1.95. The summed E-state index contributed by atoms with van der Waals surface area (Å²) in [5, 5.41) is 10.6. The highest BCUT2D eigenvalue weighted by atomic mass is 32.2. The predicted octanol–water partition coefficient (Wildman–Crippen LogP) is 4.40. The van der Waals surface area contributed by atoms with Gasteiger partial charge in [-0.05, 0) is 18.4 Å². The van der Waals surface area contributed by atoms with Gasteiger partial charge in [0, 0.05) is 10.8 Å². The van der Waals surface area contributed by atoms with Crippen LogP contribution >= 0.6 is 23.5 Å². The van der Waals surface area contributed by atoms with E-state index in [0.717, 1.165) is 5.56 Å². The minimum Gasteiger partial charge on any atom is -0.289 e. The molecular formula is C15H16N2OS2. The van der Waals surface area contributed by atoms with Crippen molar-refractivity contribution in [2.45, 2.75) is 26.0 Å². The molecule has 0 amide bonds. The largest absolute Gasteiger partial charge is 0.289 e. The number of ketones is 1. The molecule has 0 aliphatic carbocycles. The first-order chi connectivity index (χ1) is 9.52. The number of hydrogen-bond acceptors (Lipinski definition) is 5. The van der Waals surface area contributed by atoms with Crippen molar-refractivity contribution in [2.24, 2.45) is 4.99 Å². The Morgan fingerprint density at radius 1 is 1.35 bits per heavy atom. The van der Waals surface area contributed by atoms with Gasteiger partial charge in [-0.25, -0.2) is 0 Å². The number of aryl methyl sites for hydroxylation is 1. The number of nitrogens with zero attached hydrogens (tertiary/aromatic N) is 2. The Hall–Kier alpha value is -1.51. The number of benzene rings is 1. The number of hydrogen-bond donors (Lipinski definition) is 0. The first kappa shape index (κ1) is 16.5. The van der Waals surface area contributed by atoms with Crippen LogP contribution < -0.4 is 0 Å². The van der Waals surface area contributed by atoms with Crippen LogP contribution in [0.2, 0.25) is 0 Å². The molecule has 0 aromatic heterocycles. The zero-order valence-electron chi connectivity index (χ0n) is 11.7. The summed E-state index contributed by atoms with van der Waals surface area (Å²) in [6.45, 7) is 6.03. The Bertz CT molecular complexity index is 554. The van der Waals surface area contributed by atoms with E-state index in [4.69, 9.17) is 5.26 Å². The Morgan fingerprint density at radius 3 is 2.55 bits per heavy atom. The lowest BCUT2D eigenvalue weighted by molar-refractivity contribution is 0.104. The summed E-state index contributed by atoms with van der Waals surface area (Å²) in [4.78, 5) is 15.6. The molecule has 0 aliphatic rings. The van der Waals surface area contributed by atoms with Gasteiger partial charge in [-0.15, -0.1) is 0 Å². The highest BCUT2D eigenvalue weighted by Crippen LogP contribution is 2.22. The second kappa shape index (κ2) is 8.62. The molecule has 5 heteroatoms. The van der Waals surface area contributed by atoms with Crippen molar-refractivity contribution in [1.82, 2.24) is 0 Å². The van der Waals surface area contributed by atoms with Gasteiger partial charge in [0.25, 0.3) is 0 Å². The maximum absolute atomic E-state index is 11.9. The minimum atomic E-state index is -0.0524. The summed E-state index contributed by atoms with van der Waals surface area (Å²) in [6, 6.07) is 7.43. The van der Waals surface area contributed by atoms with Gasteiger partial charge in [0.05, 0.1) is 0 Å². The average molecular weight is 304 g/mol. The number of aliphatic imine (C=N–C) groups is 1. The van der Waals surface area contributed by atoms with Gasteiger partial charge < -0.3 is 0 Å². The summed E-state index contributed by atoms with van der Waals surface area (Å²) >= 11 is 2.79. The molecule has 0 bridgehead atoms. The van der Waals surface area contributed by atoms with E-state index < -0.39 is 0 Å². The molecule has 1 aromatic carbocycles. The van der Waals surface area contributed by atoms with Crippen molar-refractivity contribution in [2.75, 3.05) is 0 Å². The molecule has 0 fully saturated rings. The van der Waals surface area contributed by atoms with E-state index in [1.807, 2.05) is 32.9 Å². The molecule has 3 nitrogen and oxygen atoms in total. The molecule has 0 heterocycles. The maximum Gasteiger partial charge on any atom is 0.207 e. The van der Waals surface area contributed by atoms with Crippen LogP contribution in [-0.4, -0.2) is 15.4 Å². The monoisotopic (exact) mass is 304 g/mol. The molecule has 104 valence electrons. The third-order valence-electron chi connectivity index (χ3n) is 2.20. The number of carbonyl (C=O) groups is 1. The van der Waals surface area contributed by atoms with E-state index in [-0.39, 0.29) is 5.78 Å². The molecule has 1 rings (SSSR count). The van der Waals surface area contributed by atoms with Crippen molar-refractivity contribution >= 4 is 33.7 Å². The molecule has 0 saturated heterocycles. The van der Waals surface area contributed by atoms with Crippen molar-refractivity contribution < 1.29 is 4.79 Å². The van der Waals surface area contributed by atoms with Gasteiger partial charge >= 0.3 is 0 Å². The van der Waals surface area contributed by atoms with Crippen LogP contribution in [0.3, 0.4) is 0 Å². The molecule has 20 heavy (non-hydrogen) atoms. The summed E-state index contributed by atoms with van der Waals surface area (Å²) in [5.41, 5.74) is 1.78. The quantitative estimate of drug-likeness (QED) is 0.272. The SMILES string of the molecule is Cc1ccc(C(=O)/C=C/SC(=NC#N)SC(C)C)cc1. The topological polar surface area (TPSA) is 53.2 Å². The number of allylic oxidation sites excluding steroid dienone is 1. The number of rotatable bonds is 4. The first-order valence-electron chi connectivity index (χ1n) is 6.10. The van der Waals surface area contributed by atoms with Gasteiger partial charge in [0.15, 0.2) is 5.78 Å². The summed E-state index contributed by atoms with van der Waals surface area (Å²) in [6.07, 6.45) is 3.28. The fourth-order valence-corrected chi connectivity index (χ4v) is 3.16. The number of carbonyl (C=O) groups excluding carboxylic acids is 1. The van der Waals surface area contributed by atoms with E-state index in [9.17, 15) is 4.79 Å². The summed E-state index contributed by atoms with van der Waals surface area (Å²) in [7, 11) is 0. The summed E-state index contributed by atoms with van der Waals surface area (Å²) in [5.74, 6) is -0.0524. The molecule has 0 saturated carbocycles. The van der Waals surface area contributed by atoms with Gasteiger partial charge in [-0.2, -0.15) is 10.3 Å². The summed E-state index contributed by atoms with van der Waals surface area (Å²) < 4.78 is 0.649. The zero-order valence-corrected chi connectivity index (χ0v) is 13.3. The van der Waals surface area contributed by atoms with E-state index in [2.05, 4.69) is 4.99 Å². The highest BCUT2D eigenvalue weighted by Gasteiger charge is 2.04. The molecular weight excluding hydrogens is 288 g/mol. The molecule has 0 aliphatic heterocycles. The van der Waals surface area contributed by atoms with E-state index in [0.29, 0.717) is 15.2 Å². The third-order valence-corrected chi connectivity index (χ3v) is 4.11.